The number of nitrogens with one attached hydrogen (secondary N) is 2. The molecule has 7 nitrogen and oxygen atoms in total. The van der Waals surface area contributed by atoms with Crippen molar-refractivity contribution >= 4 is 23.6 Å². The van der Waals surface area contributed by atoms with E-state index in [9.17, 15) is 14.5 Å². The van der Waals surface area contributed by atoms with Crippen molar-refractivity contribution in [3.63, 3.8) is 0 Å². The minimum atomic E-state index is -1.19. The van der Waals surface area contributed by atoms with Gasteiger partial charge in [-0.25, -0.2) is 4.79 Å². The van der Waals surface area contributed by atoms with E-state index in [4.69, 9.17) is 16.7 Å². The molecule has 0 unspecified atom stereocenters. The normalized spacial score (nSPS) is 11.6. The van der Waals surface area contributed by atoms with Gasteiger partial charge in [-0.3, -0.25) is 4.79 Å². The van der Waals surface area contributed by atoms with Crippen LogP contribution in [0.2, 0.25) is 0 Å². The SMILES string of the molecule is C[C@H](NC(=O)N[N+](=O)CCCl)C(=O)O. The topological polar surface area (TPSA) is 98.5 Å². The standard InChI is InChI=1S/C6H10ClN3O4/c1-4(5(11)12)8-6(13)9-10(14)3-2-7/h4H,2-3H2,1H3,(H2-,8,9,11,12,13,14)/p+1/t4-/m0/s1. The van der Waals surface area contributed by atoms with Crippen molar-refractivity contribution in [2.45, 2.75) is 13.0 Å². The Labute approximate surface area is 85.0 Å². The highest BCUT2D eigenvalue weighted by Crippen LogP contribution is 1.81. The Kier molecular flexibility index (Phi) is 5.54. The van der Waals surface area contributed by atoms with Gasteiger partial charge in [0.05, 0.1) is 10.8 Å². The van der Waals surface area contributed by atoms with Crippen molar-refractivity contribution in [1.82, 2.24) is 10.7 Å². The van der Waals surface area contributed by atoms with Gasteiger partial charge < -0.3 is 10.4 Å². The average Bonchev–Trinajstić information content (AvgIpc) is 2.03. The number of rotatable bonds is 5. The van der Waals surface area contributed by atoms with Crippen molar-refractivity contribution < 1.29 is 19.6 Å². The number of halogens is 1. The molecular formula is C6H11ClN3O4+. The summed E-state index contributed by atoms with van der Waals surface area (Å²) in [6.45, 7) is 1.20. The van der Waals surface area contributed by atoms with Gasteiger partial charge in [0.25, 0.3) is 0 Å². The Balaban J connectivity index is 3.86. The maximum atomic E-state index is 10.9. The largest absolute Gasteiger partial charge is 0.480 e. The number of hydrogen-bond donors (Lipinski definition) is 3. The Morgan fingerprint density at radius 3 is 2.57 bits per heavy atom. The number of carbonyl (C=O) groups is 2. The van der Waals surface area contributed by atoms with Gasteiger partial charge in [-0.1, -0.05) is 5.43 Å². The van der Waals surface area contributed by atoms with Crippen LogP contribution < -0.4 is 10.7 Å². The number of carboxylic acids is 1. The summed E-state index contributed by atoms with van der Waals surface area (Å²) in [4.78, 5) is 32.1. The third-order valence-corrected chi connectivity index (χ3v) is 1.40. The zero-order chi connectivity index (χ0) is 11.1. The number of alkyl halides is 1. The summed E-state index contributed by atoms with van der Waals surface area (Å²) in [6, 6.07) is -1.93. The van der Waals surface area contributed by atoms with Gasteiger partial charge in [0.2, 0.25) is 6.54 Å². The number of amides is 2. The lowest BCUT2D eigenvalue weighted by Gasteiger charge is -2.05. The number of urea groups is 1. The molecule has 80 valence electrons. The molecule has 0 saturated carbocycles. The maximum absolute atomic E-state index is 10.9. The fraction of sp³-hybridized carbons (Fsp3) is 0.667. The second kappa shape index (κ2) is 6.14. The van der Waals surface area contributed by atoms with Gasteiger partial charge in [-0.05, 0) is 6.92 Å². The predicted molar refractivity (Wildman–Crippen MR) is 48.0 cm³/mol. The third kappa shape index (κ3) is 5.31. The van der Waals surface area contributed by atoms with Crippen LogP contribution in [0.1, 0.15) is 6.92 Å². The minimum absolute atomic E-state index is 0.0677. The Morgan fingerprint density at radius 2 is 2.14 bits per heavy atom. The number of carboxylic acid groups (broad SMARTS) is 1. The molecule has 14 heavy (non-hydrogen) atoms. The molecule has 0 saturated heterocycles. The second-order valence-electron chi connectivity index (χ2n) is 2.44. The Bertz CT molecular complexity index is 245. The summed E-state index contributed by atoms with van der Waals surface area (Å²) in [7, 11) is 0. The Hall–Kier alpha value is -1.37. The summed E-state index contributed by atoms with van der Waals surface area (Å²) in [5.41, 5.74) is 1.85. The highest BCUT2D eigenvalue weighted by Gasteiger charge is 2.18. The van der Waals surface area contributed by atoms with Crippen molar-refractivity contribution in [3.8, 4) is 0 Å². The van der Waals surface area contributed by atoms with E-state index in [1.807, 2.05) is 10.7 Å². The summed E-state index contributed by atoms with van der Waals surface area (Å²) < 4.78 is 0. The second-order valence-corrected chi connectivity index (χ2v) is 2.81. The summed E-state index contributed by atoms with van der Waals surface area (Å²) in [6.07, 6.45) is 0. The van der Waals surface area contributed by atoms with Crippen LogP contribution in [0.4, 0.5) is 4.79 Å². The van der Waals surface area contributed by atoms with E-state index in [1.165, 1.54) is 6.92 Å². The van der Waals surface area contributed by atoms with Gasteiger partial charge in [0, 0.05) is 0 Å². The van der Waals surface area contributed by atoms with Gasteiger partial charge in [-0.15, -0.1) is 11.6 Å². The van der Waals surface area contributed by atoms with E-state index in [0.29, 0.717) is 0 Å². The molecule has 0 spiro atoms. The van der Waals surface area contributed by atoms with E-state index >= 15 is 0 Å². The molecule has 8 heteroatoms. The smallest absolute Gasteiger partial charge is 0.372 e. The molecule has 0 heterocycles. The number of carbonyl (C=O) groups excluding carboxylic acids is 1. The van der Waals surface area contributed by atoms with Crippen LogP contribution in [0, 0.1) is 4.91 Å². The zero-order valence-corrected chi connectivity index (χ0v) is 8.24. The summed E-state index contributed by atoms with van der Waals surface area (Å²) >= 11 is 5.23. The number of nitroso groups, excluding NO2 is 1. The van der Waals surface area contributed by atoms with Crippen LogP contribution in [0.25, 0.3) is 0 Å². The summed E-state index contributed by atoms with van der Waals surface area (Å²) in [5, 5.41) is 10.4. The average molecular weight is 225 g/mol. The highest BCUT2D eigenvalue weighted by atomic mass is 35.5. The quantitative estimate of drug-likeness (QED) is 0.339. The first-order valence-corrected chi connectivity index (χ1v) is 4.31. The Morgan fingerprint density at radius 1 is 1.57 bits per heavy atom. The third-order valence-electron chi connectivity index (χ3n) is 1.23. The molecule has 3 N–H and O–H groups in total. The van der Waals surface area contributed by atoms with Crippen LogP contribution in [0.15, 0.2) is 0 Å². The molecule has 0 bridgehead atoms. The van der Waals surface area contributed by atoms with E-state index < -0.39 is 18.0 Å². The zero-order valence-electron chi connectivity index (χ0n) is 7.49. The van der Waals surface area contributed by atoms with Gasteiger partial charge in [0.1, 0.15) is 10.9 Å². The van der Waals surface area contributed by atoms with E-state index in [0.717, 1.165) is 0 Å². The molecule has 0 aliphatic carbocycles. The van der Waals surface area contributed by atoms with E-state index in [2.05, 4.69) is 0 Å². The lowest BCUT2D eigenvalue weighted by Crippen LogP contribution is -2.47. The highest BCUT2D eigenvalue weighted by molar-refractivity contribution is 6.17. The van der Waals surface area contributed by atoms with Crippen molar-refractivity contribution in [2.75, 3.05) is 12.4 Å². The van der Waals surface area contributed by atoms with Crippen LogP contribution in [-0.4, -0.2) is 40.4 Å². The molecule has 0 rings (SSSR count). The fourth-order valence-electron chi connectivity index (χ4n) is 0.537. The molecule has 0 fully saturated rings. The molecule has 0 aromatic rings. The fourth-order valence-corrected chi connectivity index (χ4v) is 0.690. The van der Waals surface area contributed by atoms with Crippen LogP contribution in [-0.2, 0) is 4.79 Å². The number of nitrogens with zero attached hydrogens (tertiary/aromatic N) is 1. The number of hydrazine groups is 1. The van der Waals surface area contributed by atoms with Gasteiger partial charge in [-0.2, -0.15) is 0 Å². The predicted octanol–water partition coefficient (Wildman–Crippen LogP) is -0.309. The van der Waals surface area contributed by atoms with E-state index in [1.54, 1.807) is 0 Å². The lowest BCUT2D eigenvalue weighted by atomic mass is 10.3. The van der Waals surface area contributed by atoms with Gasteiger partial charge >= 0.3 is 12.0 Å². The molecule has 0 aromatic carbocycles. The van der Waals surface area contributed by atoms with Crippen molar-refractivity contribution in [3.05, 3.63) is 4.91 Å². The monoisotopic (exact) mass is 224 g/mol. The first-order chi connectivity index (χ1) is 6.47. The van der Waals surface area contributed by atoms with E-state index in [-0.39, 0.29) is 17.3 Å². The first kappa shape index (κ1) is 12.6. The van der Waals surface area contributed by atoms with Crippen LogP contribution in [0.5, 0.6) is 0 Å². The summed E-state index contributed by atoms with van der Waals surface area (Å²) in [5.74, 6) is -1.12. The number of hydrogen-bond acceptors (Lipinski definition) is 3. The minimum Gasteiger partial charge on any atom is -0.480 e. The molecular weight excluding hydrogens is 214 g/mol. The molecule has 0 aromatic heterocycles. The van der Waals surface area contributed by atoms with Crippen molar-refractivity contribution in [1.29, 1.82) is 0 Å². The van der Waals surface area contributed by atoms with Crippen LogP contribution >= 0.6 is 11.6 Å². The van der Waals surface area contributed by atoms with Gasteiger partial charge in [0.15, 0.2) is 0 Å². The molecule has 0 aliphatic heterocycles. The lowest BCUT2D eigenvalue weighted by molar-refractivity contribution is -0.588. The molecule has 0 radical (unpaired) electrons. The molecule has 2 amide bonds. The first-order valence-electron chi connectivity index (χ1n) is 3.78. The molecule has 0 aliphatic rings. The number of aliphatic carboxylic acids is 1. The molecule has 1 atom stereocenters. The maximum Gasteiger partial charge on any atom is 0.372 e. The van der Waals surface area contributed by atoms with Crippen LogP contribution in [0.3, 0.4) is 0 Å². The van der Waals surface area contributed by atoms with Crippen molar-refractivity contribution in [2.24, 2.45) is 0 Å².